The maximum absolute atomic E-state index is 11.3. The first-order valence-electron chi connectivity index (χ1n) is 7.58. The number of carbonyl (C=O) groups excluding carboxylic acids is 1. The van der Waals surface area contributed by atoms with Crippen LogP contribution in [0.1, 0.15) is 46.0 Å². The first-order valence-corrected chi connectivity index (χ1v) is 7.58. The van der Waals surface area contributed by atoms with Crippen LogP contribution in [0, 0.1) is 11.3 Å². The highest BCUT2D eigenvalue weighted by atomic mass is 16.7. The number of aliphatic hydroxyl groups is 1. The molecule has 1 aliphatic heterocycles. The molecule has 1 heterocycles. The fraction of sp³-hybridized carbons (Fsp3) is 0.933. The van der Waals surface area contributed by atoms with Gasteiger partial charge in [-0.15, -0.1) is 0 Å². The predicted octanol–water partition coefficient (Wildman–Crippen LogP) is 1.62. The van der Waals surface area contributed by atoms with Crippen molar-refractivity contribution in [3.8, 4) is 0 Å². The number of hydrogen-bond acceptors (Lipinski definition) is 5. The van der Waals surface area contributed by atoms with Gasteiger partial charge in [0.05, 0.1) is 19.3 Å². The fourth-order valence-electron chi connectivity index (χ4n) is 4.38. The molecule has 114 valence electrons. The highest BCUT2D eigenvalue weighted by molar-refractivity contribution is 5.66. The molecule has 3 aliphatic rings. The maximum Gasteiger partial charge on any atom is 0.302 e. The summed E-state index contributed by atoms with van der Waals surface area (Å²) in [6.07, 6.45) is 3.32. The molecule has 0 aromatic rings. The Kier molecular flexibility index (Phi) is 3.55. The molecule has 3 fully saturated rings. The summed E-state index contributed by atoms with van der Waals surface area (Å²) in [7, 11) is 0. The quantitative estimate of drug-likeness (QED) is 0.741. The summed E-state index contributed by atoms with van der Waals surface area (Å²) in [6.45, 7) is 4.78. The summed E-state index contributed by atoms with van der Waals surface area (Å²) in [5.74, 6) is -0.703. The van der Waals surface area contributed by atoms with Crippen molar-refractivity contribution in [1.82, 2.24) is 0 Å². The highest BCUT2D eigenvalue weighted by Crippen LogP contribution is 2.54. The Morgan fingerprint density at radius 3 is 2.60 bits per heavy atom. The van der Waals surface area contributed by atoms with E-state index in [-0.39, 0.29) is 23.4 Å². The molecular weight excluding hydrogens is 260 g/mol. The molecule has 1 spiro atoms. The molecule has 0 unspecified atom stereocenters. The van der Waals surface area contributed by atoms with Crippen LogP contribution < -0.4 is 0 Å². The van der Waals surface area contributed by atoms with E-state index in [1.54, 1.807) is 0 Å². The van der Waals surface area contributed by atoms with Crippen LogP contribution in [0.25, 0.3) is 0 Å². The second-order valence-electron chi connectivity index (χ2n) is 6.67. The summed E-state index contributed by atoms with van der Waals surface area (Å²) >= 11 is 0. The molecule has 5 heteroatoms. The van der Waals surface area contributed by atoms with Gasteiger partial charge in [-0.1, -0.05) is 6.92 Å². The Labute approximate surface area is 119 Å². The number of aliphatic hydroxyl groups excluding tert-OH is 1. The molecule has 0 aromatic heterocycles. The molecule has 1 N–H and O–H groups in total. The van der Waals surface area contributed by atoms with Gasteiger partial charge in [0.1, 0.15) is 6.10 Å². The fourth-order valence-corrected chi connectivity index (χ4v) is 4.38. The van der Waals surface area contributed by atoms with Gasteiger partial charge >= 0.3 is 5.97 Å². The second-order valence-corrected chi connectivity index (χ2v) is 6.67. The van der Waals surface area contributed by atoms with Crippen LogP contribution in [0.2, 0.25) is 0 Å². The lowest BCUT2D eigenvalue weighted by Crippen LogP contribution is -2.39. The number of hydrogen-bond donors (Lipinski definition) is 1. The van der Waals surface area contributed by atoms with Crippen LogP contribution >= 0.6 is 0 Å². The smallest absolute Gasteiger partial charge is 0.302 e. The van der Waals surface area contributed by atoms with Crippen LogP contribution in [0.4, 0.5) is 0 Å². The molecule has 0 aromatic carbocycles. The molecular formula is C15H24O5. The Hall–Kier alpha value is -0.650. The van der Waals surface area contributed by atoms with Crippen molar-refractivity contribution in [1.29, 1.82) is 0 Å². The third-order valence-corrected chi connectivity index (χ3v) is 5.47. The van der Waals surface area contributed by atoms with Crippen molar-refractivity contribution in [2.24, 2.45) is 11.3 Å². The summed E-state index contributed by atoms with van der Waals surface area (Å²) < 4.78 is 17.0. The van der Waals surface area contributed by atoms with Crippen LogP contribution in [-0.4, -0.2) is 42.3 Å². The van der Waals surface area contributed by atoms with Gasteiger partial charge in [-0.25, -0.2) is 0 Å². The number of carbonyl (C=O) groups is 1. The molecule has 0 bridgehead atoms. The number of esters is 1. The van der Waals surface area contributed by atoms with Crippen LogP contribution in [0.15, 0.2) is 0 Å². The van der Waals surface area contributed by atoms with E-state index in [1.165, 1.54) is 6.92 Å². The largest absolute Gasteiger partial charge is 0.462 e. The maximum atomic E-state index is 11.3. The van der Waals surface area contributed by atoms with Gasteiger partial charge in [-0.05, 0) is 25.2 Å². The van der Waals surface area contributed by atoms with Crippen molar-refractivity contribution in [3.05, 3.63) is 0 Å². The molecule has 5 nitrogen and oxygen atoms in total. The monoisotopic (exact) mass is 284 g/mol. The Morgan fingerprint density at radius 2 is 1.95 bits per heavy atom. The van der Waals surface area contributed by atoms with Gasteiger partial charge in [-0.3, -0.25) is 4.79 Å². The van der Waals surface area contributed by atoms with Crippen molar-refractivity contribution in [3.63, 3.8) is 0 Å². The average molecular weight is 284 g/mol. The van der Waals surface area contributed by atoms with Gasteiger partial charge in [-0.2, -0.15) is 0 Å². The molecule has 0 amide bonds. The minimum Gasteiger partial charge on any atom is -0.462 e. The lowest BCUT2D eigenvalue weighted by Gasteiger charge is -2.36. The van der Waals surface area contributed by atoms with E-state index >= 15 is 0 Å². The number of ether oxygens (including phenoxy) is 3. The Bertz CT molecular complexity index is 390. The molecule has 0 radical (unpaired) electrons. The van der Waals surface area contributed by atoms with Gasteiger partial charge < -0.3 is 19.3 Å². The van der Waals surface area contributed by atoms with E-state index in [2.05, 4.69) is 6.92 Å². The standard InChI is InChI=1S/C15H24O5/c1-10(16)20-13-4-3-11-12(17)9-15(18-7-8-19-15)6-5-14(11,13)2/h11-13,17H,3-9H2,1-2H3/t11-,12-,13+,14+/m1/s1. The SMILES string of the molecule is CC(=O)O[C@H]1CC[C@@H]2[C@H](O)CC3(CC[C@]12C)OCCO3. The Morgan fingerprint density at radius 1 is 1.25 bits per heavy atom. The van der Waals surface area contributed by atoms with Crippen LogP contribution in [0.5, 0.6) is 0 Å². The van der Waals surface area contributed by atoms with Gasteiger partial charge in [0.2, 0.25) is 0 Å². The lowest BCUT2D eigenvalue weighted by molar-refractivity contribution is -0.179. The summed E-state index contributed by atoms with van der Waals surface area (Å²) in [5.41, 5.74) is -0.177. The normalized spacial score (nSPS) is 43.2. The number of fused-ring (bicyclic) bond motifs is 1. The van der Waals surface area contributed by atoms with Crippen molar-refractivity contribution in [2.75, 3.05) is 13.2 Å². The van der Waals surface area contributed by atoms with E-state index in [4.69, 9.17) is 14.2 Å². The molecule has 1 saturated heterocycles. The summed E-state index contributed by atoms with van der Waals surface area (Å²) in [6, 6.07) is 0. The summed E-state index contributed by atoms with van der Waals surface area (Å²) in [4.78, 5) is 11.3. The van der Waals surface area contributed by atoms with Gasteiger partial charge in [0.25, 0.3) is 0 Å². The van der Waals surface area contributed by atoms with E-state index in [9.17, 15) is 9.90 Å². The van der Waals surface area contributed by atoms with E-state index < -0.39 is 11.9 Å². The lowest BCUT2D eigenvalue weighted by atomic mass is 9.73. The zero-order valence-electron chi connectivity index (χ0n) is 12.3. The van der Waals surface area contributed by atoms with Gasteiger partial charge in [0, 0.05) is 25.2 Å². The summed E-state index contributed by atoms with van der Waals surface area (Å²) in [5, 5.41) is 10.6. The predicted molar refractivity (Wildman–Crippen MR) is 70.9 cm³/mol. The van der Waals surface area contributed by atoms with E-state index in [0.717, 1.165) is 25.7 Å². The Balaban J connectivity index is 1.82. The first-order chi connectivity index (χ1) is 9.45. The zero-order valence-corrected chi connectivity index (χ0v) is 12.3. The highest BCUT2D eigenvalue weighted by Gasteiger charge is 2.56. The number of rotatable bonds is 1. The van der Waals surface area contributed by atoms with E-state index in [1.807, 2.05) is 0 Å². The van der Waals surface area contributed by atoms with E-state index in [0.29, 0.717) is 19.6 Å². The topological polar surface area (TPSA) is 65.0 Å². The van der Waals surface area contributed by atoms with Crippen LogP contribution in [0.3, 0.4) is 0 Å². The molecule has 20 heavy (non-hydrogen) atoms. The van der Waals surface area contributed by atoms with Crippen molar-refractivity contribution in [2.45, 2.75) is 63.9 Å². The minimum absolute atomic E-state index is 0.101. The minimum atomic E-state index is -0.618. The molecule has 3 rings (SSSR count). The molecule has 4 atom stereocenters. The zero-order chi connectivity index (χ0) is 14.4. The molecule has 2 saturated carbocycles. The third-order valence-electron chi connectivity index (χ3n) is 5.47. The van der Waals surface area contributed by atoms with Gasteiger partial charge in [0.15, 0.2) is 5.79 Å². The van der Waals surface area contributed by atoms with Crippen molar-refractivity contribution < 1.29 is 24.1 Å². The average Bonchev–Trinajstić information content (AvgIpc) is 2.91. The van der Waals surface area contributed by atoms with Crippen LogP contribution in [-0.2, 0) is 19.0 Å². The van der Waals surface area contributed by atoms with Crippen molar-refractivity contribution >= 4 is 5.97 Å². The molecule has 2 aliphatic carbocycles. The first kappa shape index (κ1) is 14.3. The second kappa shape index (κ2) is 4.97. The third kappa shape index (κ3) is 2.26.